The second-order valence-corrected chi connectivity index (χ2v) is 5.57. The van der Waals surface area contributed by atoms with E-state index in [1.807, 2.05) is 18.2 Å². The SMILES string of the molecule is COc1cccc(N2CCC(C)(C)C(C#N)C2)c1. The molecular formula is C15H20N2O. The molecule has 1 aliphatic rings. The maximum atomic E-state index is 9.29. The van der Waals surface area contributed by atoms with Gasteiger partial charge in [0, 0.05) is 24.8 Å². The quantitative estimate of drug-likeness (QED) is 0.802. The summed E-state index contributed by atoms with van der Waals surface area (Å²) in [5.41, 5.74) is 1.26. The van der Waals surface area contributed by atoms with Crippen molar-refractivity contribution >= 4 is 5.69 Å². The van der Waals surface area contributed by atoms with E-state index >= 15 is 0 Å². The molecule has 0 aromatic heterocycles. The van der Waals surface area contributed by atoms with Gasteiger partial charge in [-0.3, -0.25) is 0 Å². The Kier molecular flexibility index (Phi) is 3.47. The lowest BCUT2D eigenvalue weighted by atomic mass is 9.74. The van der Waals surface area contributed by atoms with Gasteiger partial charge in [-0.25, -0.2) is 0 Å². The molecule has 0 saturated carbocycles. The number of rotatable bonds is 2. The van der Waals surface area contributed by atoms with Gasteiger partial charge in [0.1, 0.15) is 5.75 Å². The van der Waals surface area contributed by atoms with Gasteiger partial charge in [-0.1, -0.05) is 19.9 Å². The highest BCUT2D eigenvalue weighted by molar-refractivity contribution is 5.51. The smallest absolute Gasteiger partial charge is 0.120 e. The molecule has 1 heterocycles. The van der Waals surface area contributed by atoms with Crippen molar-refractivity contribution in [1.82, 2.24) is 0 Å². The van der Waals surface area contributed by atoms with Crippen LogP contribution in [-0.4, -0.2) is 20.2 Å². The average Bonchev–Trinajstić information content (AvgIpc) is 2.38. The van der Waals surface area contributed by atoms with Crippen LogP contribution in [0.5, 0.6) is 5.75 Å². The lowest BCUT2D eigenvalue weighted by Crippen LogP contribution is -2.44. The molecule has 1 atom stereocenters. The molecule has 1 aromatic rings. The van der Waals surface area contributed by atoms with E-state index in [2.05, 4.69) is 30.9 Å². The summed E-state index contributed by atoms with van der Waals surface area (Å²) in [6.45, 7) is 6.17. The fourth-order valence-corrected chi connectivity index (χ4v) is 2.41. The number of nitrogens with zero attached hydrogens (tertiary/aromatic N) is 2. The van der Waals surface area contributed by atoms with Crippen molar-refractivity contribution in [2.45, 2.75) is 20.3 Å². The first-order chi connectivity index (χ1) is 8.56. The summed E-state index contributed by atoms with van der Waals surface area (Å²) in [5.74, 6) is 0.947. The first kappa shape index (κ1) is 12.8. The Morgan fingerprint density at radius 1 is 1.44 bits per heavy atom. The van der Waals surface area contributed by atoms with Crippen LogP contribution in [0.1, 0.15) is 20.3 Å². The average molecular weight is 244 g/mol. The second-order valence-electron chi connectivity index (χ2n) is 5.57. The molecule has 1 aromatic carbocycles. The summed E-state index contributed by atoms with van der Waals surface area (Å²) in [6.07, 6.45) is 1.04. The molecule has 3 nitrogen and oxygen atoms in total. The van der Waals surface area contributed by atoms with Gasteiger partial charge >= 0.3 is 0 Å². The molecule has 2 rings (SSSR count). The van der Waals surface area contributed by atoms with Crippen molar-refractivity contribution in [2.75, 3.05) is 25.1 Å². The third kappa shape index (κ3) is 2.43. The van der Waals surface area contributed by atoms with E-state index in [0.717, 1.165) is 30.9 Å². The summed E-state index contributed by atoms with van der Waals surface area (Å²) < 4.78 is 5.25. The molecule has 96 valence electrons. The Balaban J connectivity index is 2.18. The Hall–Kier alpha value is -1.69. The largest absolute Gasteiger partial charge is 0.497 e. The van der Waals surface area contributed by atoms with E-state index in [9.17, 15) is 5.26 Å². The Labute approximate surface area is 109 Å². The topological polar surface area (TPSA) is 36.3 Å². The number of hydrogen-bond donors (Lipinski definition) is 0. The molecule has 0 N–H and O–H groups in total. The number of hydrogen-bond acceptors (Lipinski definition) is 3. The van der Waals surface area contributed by atoms with Crippen LogP contribution in [-0.2, 0) is 0 Å². The van der Waals surface area contributed by atoms with E-state index in [1.165, 1.54) is 0 Å². The molecule has 0 spiro atoms. The Morgan fingerprint density at radius 3 is 2.89 bits per heavy atom. The summed E-state index contributed by atoms with van der Waals surface area (Å²) in [4.78, 5) is 2.28. The molecule has 0 bridgehead atoms. The van der Waals surface area contributed by atoms with Crippen molar-refractivity contribution in [3.05, 3.63) is 24.3 Å². The van der Waals surface area contributed by atoms with Crippen LogP contribution in [0, 0.1) is 22.7 Å². The Morgan fingerprint density at radius 2 is 2.22 bits per heavy atom. The van der Waals surface area contributed by atoms with Crippen LogP contribution in [0.25, 0.3) is 0 Å². The van der Waals surface area contributed by atoms with Crippen molar-refractivity contribution < 1.29 is 4.74 Å². The van der Waals surface area contributed by atoms with E-state index in [4.69, 9.17) is 4.74 Å². The van der Waals surface area contributed by atoms with Crippen molar-refractivity contribution in [3.63, 3.8) is 0 Å². The highest BCUT2D eigenvalue weighted by atomic mass is 16.5. The van der Waals surface area contributed by atoms with Gasteiger partial charge in [0.05, 0.1) is 19.1 Å². The lowest BCUT2D eigenvalue weighted by Gasteiger charge is -2.41. The third-order valence-electron chi connectivity index (χ3n) is 3.95. The van der Waals surface area contributed by atoms with Gasteiger partial charge in [-0.05, 0) is 24.0 Å². The zero-order chi connectivity index (χ0) is 13.2. The molecule has 0 amide bonds. The van der Waals surface area contributed by atoms with E-state index < -0.39 is 0 Å². The molecule has 0 radical (unpaired) electrons. The summed E-state index contributed by atoms with van der Waals surface area (Å²) >= 11 is 0. The first-order valence-electron chi connectivity index (χ1n) is 6.35. The summed E-state index contributed by atoms with van der Waals surface area (Å²) in [5, 5.41) is 9.29. The van der Waals surface area contributed by atoms with Crippen LogP contribution in [0.15, 0.2) is 24.3 Å². The van der Waals surface area contributed by atoms with Crippen LogP contribution in [0.2, 0.25) is 0 Å². The minimum atomic E-state index is 0.0810. The van der Waals surface area contributed by atoms with Gasteiger partial charge in [0.2, 0.25) is 0 Å². The van der Waals surface area contributed by atoms with E-state index in [0.29, 0.717) is 0 Å². The fraction of sp³-hybridized carbons (Fsp3) is 0.533. The summed E-state index contributed by atoms with van der Waals surface area (Å²) in [6, 6.07) is 10.5. The molecule has 3 heteroatoms. The number of piperidine rings is 1. The molecule has 0 aliphatic carbocycles. The maximum Gasteiger partial charge on any atom is 0.120 e. The van der Waals surface area contributed by atoms with Gasteiger partial charge < -0.3 is 9.64 Å². The van der Waals surface area contributed by atoms with Crippen LogP contribution < -0.4 is 9.64 Å². The molecule has 1 saturated heterocycles. The first-order valence-corrected chi connectivity index (χ1v) is 6.35. The zero-order valence-electron chi connectivity index (χ0n) is 11.3. The standard InChI is InChI=1S/C15H20N2O/c1-15(2)7-8-17(11-12(15)10-16)13-5-4-6-14(9-13)18-3/h4-6,9,12H,7-8,11H2,1-3H3. The number of anilines is 1. The Bertz CT molecular complexity index is 462. The molecule has 1 unspecified atom stereocenters. The van der Waals surface area contributed by atoms with Crippen molar-refractivity contribution in [3.8, 4) is 11.8 Å². The molecule has 18 heavy (non-hydrogen) atoms. The fourth-order valence-electron chi connectivity index (χ4n) is 2.41. The van der Waals surface area contributed by atoms with Crippen LogP contribution in [0.3, 0.4) is 0 Å². The highest BCUT2D eigenvalue weighted by Crippen LogP contribution is 2.37. The van der Waals surface area contributed by atoms with Crippen molar-refractivity contribution in [1.29, 1.82) is 5.26 Å². The minimum Gasteiger partial charge on any atom is -0.497 e. The molecule has 1 fully saturated rings. The number of benzene rings is 1. The lowest BCUT2D eigenvalue weighted by molar-refractivity contribution is 0.217. The predicted octanol–water partition coefficient (Wildman–Crippen LogP) is 3.07. The van der Waals surface area contributed by atoms with Crippen molar-refractivity contribution in [2.24, 2.45) is 11.3 Å². The van der Waals surface area contributed by atoms with Gasteiger partial charge in [0.25, 0.3) is 0 Å². The predicted molar refractivity (Wildman–Crippen MR) is 72.7 cm³/mol. The number of ether oxygens (including phenoxy) is 1. The molecule has 1 aliphatic heterocycles. The third-order valence-corrected chi connectivity index (χ3v) is 3.95. The normalized spacial score (nSPS) is 22.3. The van der Waals surface area contributed by atoms with E-state index in [1.54, 1.807) is 7.11 Å². The second kappa shape index (κ2) is 4.89. The van der Waals surface area contributed by atoms with E-state index in [-0.39, 0.29) is 11.3 Å². The maximum absolute atomic E-state index is 9.29. The highest BCUT2D eigenvalue weighted by Gasteiger charge is 2.35. The van der Waals surface area contributed by atoms with Gasteiger partial charge in [-0.15, -0.1) is 0 Å². The number of methoxy groups -OCH3 is 1. The molecular weight excluding hydrogens is 224 g/mol. The van der Waals surface area contributed by atoms with Crippen LogP contribution >= 0.6 is 0 Å². The van der Waals surface area contributed by atoms with Gasteiger partial charge in [0.15, 0.2) is 0 Å². The zero-order valence-corrected chi connectivity index (χ0v) is 11.3. The number of nitriles is 1. The monoisotopic (exact) mass is 244 g/mol. The van der Waals surface area contributed by atoms with Crippen LogP contribution in [0.4, 0.5) is 5.69 Å². The van der Waals surface area contributed by atoms with Gasteiger partial charge in [-0.2, -0.15) is 5.26 Å². The minimum absolute atomic E-state index is 0.0810. The summed E-state index contributed by atoms with van der Waals surface area (Å²) in [7, 11) is 1.68.